The Morgan fingerprint density at radius 1 is 1.08 bits per heavy atom. The molecule has 3 aromatic rings. The van der Waals surface area contributed by atoms with Gasteiger partial charge in [-0.15, -0.1) is 0 Å². The van der Waals surface area contributed by atoms with Crippen LogP contribution in [0.2, 0.25) is 10.0 Å². The van der Waals surface area contributed by atoms with Gasteiger partial charge in [0.15, 0.2) is 0 Å². The number of hydrazone groups is 1. The highest BCUT2D eigenvalue weighted by Crippen LogP contribution is 2.47. The number of halogens is 2. The van der Waals surface area contributed by atoms with Crippen LogP contribution in [0.1, 0.15) is 55.4 Å². The highest BCUT2D eigenvalue weighted by molar-refractivity contribution is 6.42. The molecule has 1 fully saturated rings. The van der Waals surface area contributed by atoms with Gasteiger partial charge in [0, 0.05) is 11.5 Å². The van der Waals surface area contributed by atoms with E-state index in [1.165, 1.54) is 11.1 Å². The van der Waals surface area contributed by atoms with E-state index < -0.39 is 0 Å². The first-order valence-electron chi connectivity index (χ1n) is 11.8. The van der Waals surface area contributed by atoms with Crippen LogP contribution in [0.25, 0.3) is 0 Å². The molecule has 7 heteroatoms. The molecule has 188 valence electrons. The number of benzene rings is 3. The third kappa shape index (κ3) is 6.21. The summed E-state index contributed by atoms with van der Waals surface area (Å²) >= 11 is 12.3. The molecule has 1 amide bonds. The van der Waals surface area contributed by atoms with Crippen molar-refractivity contribution in [2.45, 2.75) is 45.1 Å². The first kappa shape index (κ1) is 26.1. The van der Waals surface area contributed by atoms with Crippen LogP contribution >= 0.6 is 23.2 Å². The van der Waals surface area contributed by atoms with Gasteiger partial charge in [-0.2, -0.15) is 5.10 Å². The van der Waals surface area contributed by atoms with Crippen LogP contribution in [0.3, 0.4) is 0 Å². The topological polar surface area (TPSA) is 59.9 Å². The number of methoxy groups -OCH3 is 1. The van der Waals surface area contributed by atoms with Gasteiger partial charge < -0.3 is 9.47 Å². The van der Waals surface area contributed by atoms with Gasteiger partial charge in [0.2, 0.25) is 5.91 Å². The normalized spacial score (nSPS) is 17.2. The van der Waals surface area contributed by atoms with E-state index in [0.29, 0.717) is 21.5 Å². The van der Waals surface area contributed by atoms with E-state index >= 15 is 0 Å². The largest absolute Gasteiger partial charge is 0.496 e. The summed E-state index contributed by atoms with van der Waals surface area (Å²) in [5.74, 6) is 1.29. The molecule has 36 heavy (non-hydrogen) atoms. The molecule has 0 radical (unpaired) electrons. The lowest BCUT2D eigenvalue weighted by Gasteiger charge is -2.19. The average Bonchev–Trinajstić information content (AvgIpc) is 3.66. The maximum Gasteiger partial charge on any atom is 0.243 e. The molecule has 0 spiro atoms. The van der Waals surface area contributed by atoms with E-state index in [-0.39, 0.29) is 29.8 Å². The highest BCUT2D eigenvalue weighted by atomic mass is 35.5. The van der Waals surface area contributed by atoms with Gasteiger partial charge >= 0.3 is 0 Å². The van der Waals surface area contributed by atoms with Crippen LogP contribution in [0.15, 0.2) is 65.8 Å². The van der Waals surface area contributed by atoms with Crippen LogP contribution in [0.4, 0.5) is 0 Å². The Morgan fingerprint density at radius 3 is 2.53 bits per heavy atom. The second-order valence-electron chi connectivity index (χ2n) is 9.97. The van der Waals surface area contributed by atoms with Crippen molar-refractivity contribution in [2.24, 2.45) is 11.0 Å². The lowest BCUT2D eigenvalue weighted by atomic mass is 9.86. The Balaban J connectivity index is 1.35. The van der Waals surface area contributed by atoms with E-state index in [1.54, 1.807) is 31.5 Å². The number of ether oxygens (including phenoxy) is 2. The lowest BCUT2D eigenvalue weighted by Crippen LogP contribution is -2.20. The second-order valence-corrected chi connectivity index (χ2v) is 10.8. The summed E-state index contributed by atoms with van der Waals surface area (Å²) in [5.41, 5.74) is 6.90. The van der Waals surface area contributed by atoms with Gasteiger partial charge in [-0.05, 0) is 64.8 Å². The summed E-state index contributed by atoms with van der Waals surface area (Å²) < 4.78 is 11.3. The molecule has 0 unspecified atom stereocenters. The average molecular weight is 525 g/mol. The van der Waals surface area contributed by atoms with E-state index in [4.69, 9.17) is 32.7 Å². The number of carbonyl (C=O) groups excluding carboxylic acids is 1. The molecule has 1 N–H and O–H groups in total. The Bertz CT molecular complexity index is 1270. The zero-order valence-corrected chi connectivity index (χ0v) is 22.4. The fraction of sp³-hybridized carbons (Fsp3) is 0.310. The Morgan fingerprint density at radius 2 is 1.83 bits per heavy atom. The molecule has 3 aromatic carbocycles. The minimum absolute atomic E-state index is 0.0510. The number of hydrogen-bond acceptors (Lipinski definition) is 4. The molecule has 0 heterocycles. The molecule has 0 saturated heterocycles. The lowest BCUT2D eigenvalue weighted by molar-refractivity contribution is -0.122. The van der Waals surface area contributed by atoms with E-state index in [0.717, 1.165) is 17.5 Å². The molecule has 1 saturated carbocycles. The van der Waals surface area contributed by atoms with Gasteiger partial charge in [-0.1, -0.05) is 74.3 Å². The van der Waals surface area contributed by atoms with Gasteiger partial charge in [0.05, 0.1) is 18.3 Å². The number of nitrogens with one attached hydrogen (secondary N) is 1. The number of hydrogen-bond donors (Lipinski definition) is 1. The fourth-order valence-electron chi connectivity index (χ4n) is 4.08. The monoisotopic (exact) mass is 524 g/mol. The third-order valence-electron chi connectivity index (χ3n) is 6.32. The maximum absolute atomic E-state index is 12.6. The molecule has 0 bridgehead atoms. The smallest absolute Gasteiger partial charge is 0.243 e. The van der Waals surface area contributed by atoms with Crippen LogP contribution in [-0.2, 0) is 16.8 Å². The van der Waals surface area contributed by atoms with Gasteiger partial charge in [-0.25, -0.2) is 5.43 Å². The minimum Gasteiger partial charge on any atom is -0.496 e. The SMILES string of the molecule is COc1ccc(/C=N/NC(=O)[C@@H]2C[C@@H]2c2ccc(C(C)(C)C)cc2)cc1COc1cccc(Cl)c1Cl. The predicted molar refractivity (Wildman–Crippen MR) is 146 cm³/mol. The van der Waals surface area contributed by atoms with Crippen molar-refractivity contribution in [3.05, 3.63) is 93.0 Å². The minimum atomic E-state index is -0.0659. The zero-order chi connectivity index (χ0) is 25.9. The van der Waals surface area contributed by atoms with Crippen LogP contribution in [0.5, 0.6) is 11.5 Å². The van der Waals surface area contributed by atoms with Gasteiger partial charge in [-0.3, -0.25) is 4.79 Å². The molecule has 2 atom stereocenters. The zero-order valence-electron chi connectivity index (χ0n) is 20.8. The number of nitrogens with zero attached hydrogens (tertiary/aromatic N) is 1. The Hall–Kier alpha value is -3.02. The molecule has 0 aliphatic heterocycles. The molecule has 5 nitrogen and oxygen atoms in total. The number of rotatable bonds is 8. The van der Waals surface area contributed by atoms with E-state index in [2.05, 4.69) is 55.6 Å². The standard InChI is InChI=1S/C29H30Cl2N2O3/c1-29(2,3)21-11-9-19(10-12-21)22-15-23(22)28(34)33-32-16-18-8-13-25(35-4)20(14-18)17-36-26-7-5-6-24(30)27(26)31/h5-14,16,22-23H,15,17H2,1-4H3,(H,33,34)/b32-16+/t22-,23-/m1/s1. The Kier molecular flexibility index (Phi) is 7.91. The maximum atomic E-state index is 12.6. The third-order valence-corrected chi connectivity index (χ3v) is 7.13. The first-order valence-corrected chi connectivity index (χ1v) is 12.6. The van der Waals surface area contributed by atoms with E-state index in [9.17, 15) is 4.79 Å². The van der Waals surface area contributed by atoms with Crippen molar-refractivity contribution in [3.63, 3.8) is 0 Å². The van der Waals surface area contributed by atoms with Gasteiger partial charge in [0.25, 0.3) is 0 Å². The Labute approximate surface area is 222 Å². The number of carbonyl (C=O) groups is 1. The summed E-state index contributed by atoms with van der Waals surface area (Å²) in [6.45, 7) is 6.82. The molecule has 4 rings (SSSR count). The molecular weight excluding hydrogens is 495 g/mol. The predicted octanol–water partition coefficient (Wildman–Crippen LogP) is 7.13. The fourth-order valence-corrected chi connectivity index (χ4v) is 4.43. The van der Waals surface area contributed by atoms with Crippen molar-refractivity contribution < 1.29 is 14.3 Å². The van der Waals surface area contributed by atoms with Crippen molar-refractivity contribution in [1.29, 1.82) is 0 Å². The molecular formula is C29H30Cl2N2O3. The summed E-state index contributed by atoms with van der Waals surface area (Å²) in [6.07, 6.45) is 2.45. The summed E-state index contributed by atoms with van der Waals surface area (Å²) in [6, 6.07) is 19.4. The quantitative estimate of drug-likeness (QED) is 0.251. The van der Waals surface area contributed by atoms with E-state index in [1.807, 2.05) is 18.2 Å². The summed E-state index contributed by atoms with van der Waals surface area (Å²) in [7, 11) is 1.60. The summed E-state index contributed by atoms with van der Waals surface area (Å²) in [5, 5.41) is 4.96. The highest BCUT2D eigenvalue weighted by Gasteiger charge is 2.44. The second kappa shape index (κ2) is 10.9. The van der Waals surface area contributed by atoms with Crippen LogP contribution < -0.4 is 14.9 Å². The number of amides is 1. The van der Waals surface area contributed by atoms with Crippen molar-refractivity contribution >= 4 is 35.3 Å². The molecule has 1 aliphatic carbocycles. The van der Waals surface area contributed by atoms with Crippen LogP contribution in [-0.4, -0.2) is 19.2 Å². The van der Waals surface area contributed by atoms with Crippen molar-refractivity contribution in [3.8, 4) is 11.5 Å². The molecule has 0 aromatic heterocycles. The first-order chi connectivity index (χ1) is 17.2. The van der Waals surface area contributed by atoms with Gasteiger partial charge in [0.1, 0.15) is 23.1 Å². The summed E-state index contributed by atoms with van der Waals surface area (Å²) in [4.78, 5) is 12.6. The van der Waals surface area contributed by atoms with Crippen molar-refractivity contribution in [2.75, 3.05) is 7.11 Å². The van der Waals surface area contributed by atoms with Crippen molar-refractivity contribution in [1.82, 2.24) is 5.43 Å². The van der Waals surface area contributed by atoms with Crippen LogP contribution in [0, 0.1) is 5.92 Å². The molecule has 1 aliphatic rings.